The van der Waals surface area contributed by atoms with Crippen molar-refractivity contribution in [1.29, 1.82) is 0 Å². The Kier molecular flexibility index (Phi) is 11.2. The van der Waals surface area contributed by atoms with Crippen LogP contribution < -0.4 is 9.64 Å². The van der Waals surface area contributed by atoms with E-state index in [1.54, 1.807) is 0 Å². The van der Waals surface area contributed by atoms with Crippen LogP contribution in [0, 0.1) is 23.3 Å². The molecule has 182 valence electrons. The average Bonchev–Trinajstić information content (AvgIpc) is 2.80. The second kappa shape index (κ2) is 13.9. The summed E-state index contributed by atoms with van der Waals surface area (Å²) in [5.74, 6) is -5.14. The van der Waals surface area contributed by atoms with Crippen molar-refractivity contribution in [3.05, 3.63) is 59.2 Å². The maximum atomic E-state index is 14.5. The number of anilines is 1. The van der Waals surface area contributed by atoms with E-state index in [2.05, 4.69) is 6.92 Å². The van der Waals surface area contributed by atoms with Crippen molar-refractivity contribution in [2.24, 2.45) is 0 Å². The van der Waals surface area contributed by atoms with Crippen molar-refractivity contribution < 1.29 is 27.1 Å². The Morgan fingerprint density at radius 3 is 1.91 bits per heavy atom. The quantitative estimate of drug-likeness (QED) is 0.161. The molecule has 0 N–H and O–H groups in total. The SMILES string of the molecule is CCCCCCCCCCCCN(C(=O)c1ccc(OC)cc1F)c1cc(F)c(F)cc1F. The Hall–Kier alpha value is -2.57. The summed E-state index contributed by atoms with van der Waals surface area (Å²) in [6.07, 6.45) is 10.6. The van der Waals surface area contributed by atoms with Gasteiger partial charge in [0.05, 0.1) is 18.4 Å². The first-order chi connectivity index (χ1) is 15.9. The third-order valence-electron chi connectivity index (χ3n) is 5.67. The molecule has 0 aromatic heterocycles. The van der Waals surface area contributed by atoms with Gasteiger partial charge in [0.1, 0.15) is 17.4 Å². The van der Waals surface area contributed by atoms with Crippen molar-refractivity contribution in [2.75, 3.05) is 18.6 Å². The van der Waals surface area contributed by atoms with Crippen LogP contribution in [0.3, 0.4) is 0 Å². The summed E-state index contributed by atoms with van der Waals surface area (Å²) in [4.78, 5) is 14.0. The van der Waals surface area contributed by atoms with Crippen LogP contribution >= 0.6 is 0 Å². The van der Waals surface area contributed by atoms with E-state index in [0.717, 1.165) is 36.6 Å². The summed E-state index contributed by atoms with van der Waals surface area (Å²) in [5, 5.41) is 0. The second-order valence-corrected chi connectivity index (χ2v) is 8.20. The molecular formula is C26H33F4NO2. The minimum atomic E-state index is -1.35. The predicted molar refractivity (Wildman–Crippen MR) is 123 cm³/mol. The highest BCUT2D eigenvalue weighted by atomic mass is 19.2. The number of halogens is 4. The molecule has 0 atom stereocenters. The van der Waals surface area contributed by atoms with Gasteiger partial charge in [-0.2, -0.15) is 0 Å². The van der Waals surface area contributed by atoms with Gasteiger partial charge in [-0.05, 0) is 18.6 Å². The van der Waals surface area contributed by atoms with Crippen LogP contribution in [0.4, 0.5) is 23.2 Å². The largest absolute Gasteiger partial charge is 0.497 e. The lowest BCUT2D eigenvalue weighted by Crippen LogP contribution is -2.33. The van der Waals surface area contributed by atoms with E-state index in [1.807, 2.05) is 0 Å². The molecule has 0 saturated heterocycles. The number of nitrogens with zero attached hydrogens (tertiary/aromatic N) is 1. The number of carbonyl (C=O) groups excluding carboxylic acids is 1. The van der Waals surface area contributed by atoms with E-state index in [4.69, 9.17) is 4.74 Å². The number of ether oxygens (including phenoxy) is 1. The lowest BCUT2D eigenvalue weighted by molar-refractivity contribution is 0.0981. The van der Waals surface area contributed by atoms with Gasteiger partial charge in [0.2, 0.25) is 0 Å². The standard InChI is InChI=1S/C26H33F4NO2/c1-3-4-5-6-7-8-9-10-11-12-15-31(25-18-23(29)22(28)17-24(25)30)26(32)20-14-13-19(33-2)16-21(20)27/h13-14,16-18H,3-12,15H2,1-2H3. The highest BCUT2D eigenvalue weighted by Crippen LogP contribution is 2.27. The predicted octanol–water partition coefficient (Wildman–Crippen LogP) is 7.82. The molecule has 0 aliphatic carbocycles. The molecule has 0 radical (unpaired) electrons. The number of benzene rings is 2. The van der Waals surface area contributed by atoms with E-state index in [9.17, 15) is 22.4 Å². The van der Waals surface area contributed by atoms with E-state index >= 15 is 0 Å². The molecular weight excluding hydrogens is 434 g/mol. The van der Waals surface area contributed by atoms with Crippen LogP contribution in [0.2, 0.25) is 0 Å². The smallest absolute Gasteiger partial charge is 0.261 e. The molecule has 0 bridgehead atoms. The summed E-state index contributed by atoms with van der Waals surface area (Å²) in [5.41, 5.74) is -0.711. The molecule has 33 heavy (non-hydrogen) atoms. The Bertz CT molecular complexity index is 904. The number of carbonyl (C=O) groups is 1. The summed E-state index contributed by atoms with van der Waals surface area (Å²) >= 11 is 0. The van der Waals surface area contributed by atoms with Gasteiger partial charge in [0.15, 0.2) is 11.6 Å². The summed E-state index contributed by atoms with van der Waals surface area (Å²) in [6.45, 7) is 2.24. The van der Waals surface area contributed by atoms with Gasteiger partial charge in [-0.15, -0.1) is 0 Å². The van der Waals surface area contributed by atoms with Gasteiger partial charge in [-0.25, -0.2) is 17.6 Å². The number of hydrogen-bond acceptors (Lipinski definition) is 2. The fourth-order valence-electron chi connectivity index (χ4n) is 3.75. The van der Waals surface area contributed by atoms with Gasteiger partial charge in [-0.3, -0.25) is 4.79 Å². The molecule has 7 heteroatoms. The summed E-state index contributed by atoms with van der Waals surface area (Å²) in [6, 6.07) is 4.73. The fraction of sp³-hybridized carbons (Fsp3) is 0.500. The van der Waals surface area contributed by atoms with Crippen molar-refractivity contribution in [2.45, 2.75) is 71.1 Å². The Morgan fingerprint density at radius 2 is 1.33 bits per heavy atom. The normalized spacial score (nSPS) is 11.0. The third kappa shape index (κ3) is 8.06. The van der Waals surface area contributed by atoms with Crippen LogP contribution in [0.5, 0.6) is 5.75 Å². The third-order valence-corrected chi connectivity index (χ3v) is 5.67. The topological polar surface area (TPSA) is 29.5 Å². The fourth-order valence-corrected chi connectivity index (χ4v) is 3.75. The number of rotatable bonds is 14. The van der Waals surface area contributed by atoms with E-state index < -0.39 is 34.9 Å². The van der Waals surface area contributed by atoms with Crippen molar-refractivity contribution in [1.82, 2.24) is 0 Å². The molecule has 0 heterocycles. The minimum absolute atomic E-state index is 0.0583. The minimum Gasteiger partial charge on any atom is -0.497 e. The molecule has 2 aromatic rings. The van der Waals surface area contributed by atoms with Crippen molar-refractivity contribution >= 4 is 11.6 Å². The molecule has 0 aliphatic heterocycles. The van der Waals surface area contributed by atoms with Crippen LogP contribution in [0.1, 0.15) is 81.5 Å². The Labute approximate surface area is 193 Å². The maximum Gasteiger partial charge on any atom is 0.261 e. The van der Waals surface area contributed by atoms with Gasteiger partial charge < -0.3 is 9.64 Å². The molecule has 0 aliphatic rings. The Balaban J connectivity index is 2.05. The lowest BCUT2D eigenvalue weighted by Gasteiger charge is -2.24. The van der Waals surface area contributed by atoms with Crippen LogP contribution in [-0.2, 0) is 0 Å². The molecule has 0 saturated carbocycles. The summed E-state index contributed by atoms with van der Waals surface area (Å²) in [7, 11) is 1.37. The second-order valence-electron chi connectivity index (χ2n) is 8.20. The molecule has 2 aromatic carbocycles. The van der Waals surface area contributed by atoms with Gasteiger partial charge in [0.25, 0.3) is 5.91 Å². The average molecular weight is 468 g/mol. The first kappa shape index (κ1) is 26.7. The van der Waals surface area contributed by atoms with Crippen LogP contribution in [0.25, 0.3) is 0 Å². The molecule has 2 rings (SSSR count). The number of hydrogen-bond donors (Lipinski definition) is 0. The molecule has 3 nitrogen and oxygen atoms in total. The van der Waals surface area contributed by atoms with Crippen molar-refractivity contribution in [3.8, 4) is 5.75 Å². The zero-order valence-corrected chi connectivity index (χ0v) is 19.4. The zero-order chi connectivity index (χ0) is 24.2. The highest BCUT2D eigenvalue weighted by Gasteiger charge is 2.25. The van der Waals surface area contributed by atoms with E-state index in [-0.39, 0.29) is 17.9 Å². The molecule has 0 unspecified atom stereocenters. The van der Waals surface area contributed by atoms with E-state index in [1.165, 1.54) is 51.3 Å². The first-order valence-electron chi connectivity index (χ1n) is 11.7. The first-order valence-corrected chi connectivity index (χ1v) is 11.7. The number of amides is 1. The summed E-state index contributed by atoms with van der Waals surface area (Å²) < 4.78 is 61.2. The Morgan fingerprint density at radius 1 is 0.758 bits per heavy atom. The number of unbranched alkanes of at least 4 members (excludes halogenated alkanes) is 9. The monoisotopic (exact) mass is 467 g/mol. The van der Waals surface area contributed by atoms with Gasteiger partial charge >= 0.3 is 0 Å². The van der Waals surface area contributed by atoms with Gasteiger partial charge in [-0.1, -0.05) is 64.7 Å². The van der Waals surface area contributed by atoms with Crippen LogP contribution in [-0.4, -0.2) is 19.6 Å². The molecule has 0 fully saturated rings. The highest BCUT2D eigenvalue weighted by molar-refractivity contribution is 6.06. The molecule has 1 amide bonds. The van der Waals surface area contributed by atoms with Gasteiger partial charge in [0, 0.05) is 24.7 Å². The maximum absolute atomic E-state index is 14.5. The number of methoxy groups -OCH3 is 1. The molecule has 0 spiro atoms. The van der Waals surface area contributed by atoms with E-state index in [0.29, 0.717) is 18.6 Å². The van der Waals surface area contributed by atoms with Crippen LogP contribution in [0.15, 0.2) is 30.3 Å². The van der Waals surface area contributed by atoms with Crippen molar-refractivity contribution in [3.63, 3.8) is 0 Å². The zero-order valence-electron chi connectivity index (χ0n) is 19.4. The lowest BCUT2D eigenvalue weighted by atomic mass is 10.1.